The summed E-state index contributed by atoms with van der Waals surface area (Å²) in [4.78, 5) is 45.8. The van der Waals surface area contributed by atoms with E-state index in [1.807, 2.05) is 69.3 Å². The number of ether oxygens (including phenoxy) is 3. The Balaban J connectivity index is 0.968. The molecule has 242 valence electrons. The van der Waals surface area contributed by atoms with Crippen LogP contribution in [0.4, 0.5) is 21.0 Å². The van der Waals surface area contributed by atoms with Gasteiger partial charge < -0.3 is 29.7 Å². The SMILES string of the molecule is CC(C)(C)OC(=O)N1CCC1COc1cccc(-c2cccc(CNCCC3CN(c4ccc5c(c4)NC(=O)CS5)C(=O)O3)c2)n1. The van der Waals surface area contributed by atoms with Crippen molar-refractivity contribution in [2.75, 3.05) is 42.2 Å². The van der Waals surface area contributed by atoms with Gasteiger partial charge in [0.25, 0.3) is 0 Å². The lowest BCUT2D eigenvalue weighted by Gasteiger charge is -2.40. The van der Waals surface area contributed by atoms with Crippen molar-refractivity contribution in [2.24, 2.45) is 0 Å². The van der Waals surface area contributed by atoms with Crippen molar-refractivity contribution < 1.29 is 28.6 Å². The molecule has 11 nitrogen and oxygen atoms in total. The Kier molecular flexibility index (Phi) is 9.37. The summed E-state index contributed by atoms with van der Waals surface area (Å²) < 4.78 is 17.1. The van der Waals surface area contributed by atoms with Crippen LogP contribution < -0.4 is 20.3 Å². The molecule has 0 saturated carbocycles. The summed E-state index contributed by atoms with van der Waals surface area (Å²) in [6, 6.07) is 19.5. The first-order valence-corrected chi connectivity index (χ1v) is 16.5. The third-order valence-corrected chi connectivity index (χ3v) is 8.97. The molecule has 3 aliphatic rings. The van der Waals surface area contributed by atoms with Gasteiger partial charge in [-0.2, -0.15) is 0 Å². The molecule has 4 heterocycles. The van der Waals surface area contributed by atoms with Crippen LogP contribution in [0, 0.1) is 0 Å². The fourth-order valence-corrected chi connectivity index (χ4v) is 6.26. The lowest BCUT2D eigenvalue weighted by atomic mass is 10.1. The lowest BCUT2D eigenvalue weighted by Crippen LogP contribution is -2.55. The minimum absolute atomic E-state index is 0.0300. The second-order valence-corrected chi connectivity index (χ2v) is 13.6. The highest BCUT2D eigenvalue weighted by Gasteiger charge is 2.36. The van der Waals surface area contributed by atoms with Crippen LogP contribution in [-0.4, -0.2) is 77.7 Å². The zero-order chi connectivity index (χ0) is 32.3. The van der Waals surface area contributed by atoms with Gasteiger partial charge in [-0.25, -0.2) is 14.6 Å². The number of rotatable bonds is 10. The Morgan fingerprint density at radius 2 is 1.98 bits per heavy atom. The average Bonchev–Trinajstić information content (AvgIpc) is 3.38. The van der Waals surface area contributed by atoms with E-state index in [2.05, 4.69) is 22.8 Å². The molecule has 2 aromatic carbocycles. The summed E-state index contributed by atoms with van der Waals surface area (Å²) in [5.41, 5.74) is 3.79. The number of carbonyl (C=O) groups excluding carboxylic acids is 3. The van der Waals surface area contributed by atoms with Crippen LogP contribution in [0.25, 0.3) is 11.3 Å². The maximum absolute atomic E-state index is 12.6. The summed E-state index contributed by atoms with van der Waals surface area (Å²) in [6.07, 6.45) is 0.623. The second-order valence-electron chi connectivity index (χ2n) is 12.6. The maximum atomic E-state index is 12.6. The topological polar surface area (TPSA) is 122 Å². The van der Waals surface area contributed by atoms with Gasteiger partial charge in [0.2, 0.25) is 11.8 Å². The van der Waals surface area contributed by atoms with Crippen LogP contribution in [0.5, 0.6) is 5.88 Å². The molecule has 3 aromatic rings. The molecule has 46 heavy (non-hydrogen) atoms. The van der Waals surface area contributed by atoms with Gasteiger partial charge in [-0.3, -0.25) is 9.69 Å². The molecule has 2 N–H and O–H groups in total. The Morgan fingerprint density at radius 3 is 2.78 bits per heavy atom. The molecule has 0 bridgehead atoms. The van der Waals surface area contributed by atoms with Crippen molar-refractivity contribution >= 4 is 41.2 Å². The highest BCUT2D eigenvalue weighted by atomic mass is 32.2. The van der Waals surface area contributed by atoms with E-state index >= 15 is 0 Å². The first-order chi connectivity index (χ1) is 22.1. The highest BCUT2D eigenvalue weighted by molar-refractivity contribution is 8.00. The number of amides is 3. The fourth-order valence-electron chi connectivity index (χ4n) is 5.47. The first kappa shape index (κ1) is 31.7. The van der Waals surface area contributed by atoms with Crippen molar-refractivity contribution in [1.29, 1.82) is 0 Å². The number of nitrogens with one attached hydrogen (secondary N) is 2. The van der Waals surface area contributed by atoms with Crippen molar-refractivity contribution in [2.45, 2.75) is 62.8 Å². The molecule has 3 aliphatic heterocycles. The second kappa shape index (κ2) is 13.6. The monoisotopic (exact) mass is 645 g/mol. The Bertz CT molecular complexity index is 1610. The first-order valence-electron chi connectivity index (χ1n) is 15.6. The maximum Gasteiger partial charge on any atom is 0.414 e. The van der Waals surface area contributed by atoms with Crippen LogP contribution >= 0.6 is 11.8 Å². The number of aromatic nitrogens is 1. The standard InChI is InChI=1S/C34H39N5O6S/c1-34(2,3)45-33(42)38-15-13-25(38)20-43-31-9-5-8-27(37-31)23-7-4-6-22(16-23)18-35-14-12-26-19-39(32(41)44-26)24-10-11-29-28(17-24)36-30(40)21-46-29/h4-11,16-17,25-26,35H,12-15,18-21H2,1-3H3,(H,36,40). The Hall–Kier alpha value is -4.29. The van der Waals surface area contributed by atoms with Gasteiger partial charge in [0.15, 0.2) is 0 Å². The van der Waals surface area contributed by atoms with Crippen molar-refractivity contribution in [3.8, 4) is 17.1 Å². The fraction of sp³-hybridized carbons (Fsp3) is 0.412. The number of thioether (sulfide) groups is 1. The van der Waals surface area contributed by atoms with Gasteiger partial charge in [-0.05, 0) is 76.1 Å². The number of carbonyl (C=O) groups is 3. The van der Waals surface area contributed by atoms with Gasteiger partial charge in [0, 0.05) is 35.3 Å². The zero-order valence-corrected chi connectivity index (χ0v) is 27.1. The molecular weight excluding hydrogens is 606 g/mol. The molecule has 2 saturated heterocycles. The van der Waals surface area contributed by atoms with E-state index in [0.29, 0.717) is 56.5 Å². The summed E-state index contributed by atoms with van der Waals surface area (Å²) in [6.45, 7) is 8.39. The van der Waals surface area contributed by atoms with E-state index in [1.165, 1.54) is 11.8 Å². The highest BCUT2D eigenvalue weighted by Crippen LogP contribution is 2.35. The Morgan fingerprint density at radius 1 is 1.13 bits per heavy atom. The molecule has 2 atom stereocenters. The average molecular weight is 646 g/mol. The molecule has 2 unspecified atom stereocenters. The smallest absolute Gasteiger partial charge is 0.414 e. The van der Waals surface area contributed by atoms with Gasteiger partial charge in [0.1, 0.15) is 18.3 Å². The molecule has 2 fully saturated rings. The number of cyclic esters (lactones) is 1. The van der Waals surface area contributed by atoms with Gasteiger partial charge in [-0.15, -0.1) is 11.8 Å². The van der Waals surface area contributed by atoms with E-state index in [9.17, 15) is 14.4 Å². The summed E-state index contributed by atoms with van der Waals surface area (Å²) in [7, 11) is 0. The van der Waals surface area contributed by atoms with Crippen LogP contribution in [-0.2, 0) is 20.8 Å². The Labute approximate surface area is 273 Å². The van der Waals surface area contributed by atoms with E-state index in [4.69, 9.17) is 19.2 Å². The van der Waals surface area contributed by atoms with Crippen LogP contribution in [0.15, 0.2) is 65.6 Å². The zero-order valence-electron chi connectivity index (χ0n) is 26.3. The predicted molar refractivity (Wildman–Crippen MR) is 176 cm³/mol. The molecule has 3 amide bonds. The number of pyridine rings is 1. The molecule has 6 rings (SSSR count). The number of benzene rings is 2. The van der Waals surface area contributed by atoms with E-state index in [0.717, 1.165) is 33.8 Å². The van der Waals surface area contributed by atoms with Gasteiger partial charge in [0.05, 0.1) is 29.7 Å². The molecule has 0 radical (unpaired) electrons. The largest absolute Gasteiger partial charge is 0.475 e. The van der Waals surface area contributed by atoms with Gasteiger partial charge in [-0.1, -0.05) is 24.3 Å². The summed E-state index contributed by atoms with van der Waals surface area (Å²) in [5, 5.41) is 6.33. The molecule has 0 aliphatic carbocycles. The summed E-state index contributed by atoms with van der Waals surface area (Å²) in [5.74, 6) is 0.868. The lowest BCUT2D eigenvalue weighted by molar-refractivity contribution is -0.113. The van der Waals surface area contributed by atoms with Crippen LogP contribution in [0.2, 0.25) is 0 Å². The summed E-state index contributed by atoms with van der Waals surface area (Å²) >= 11 is 1.49. The quantitative estimate of drug-likeness (QED) is 0.268. The minimum atomic E-state index is -0.532. The van der Waals surface area contributed by atoms with Crippen molar-refractivity contribution in [1.82, 2.24) is 15.2 Å². The third kappa shape index (κ3) is 7.73. The molecule has 0 spiro atoms. The number of fused-ring (bicyclic) bond motifs is 1. The number of anilines is 2. The predicted octanol–water partition coefficient (Wildman–Crippen LogP) is 5.69. The molecule has 1 aromatic heterocycles. The van der Waals surface area contributed by atoms with E-state index < -0.39 is 5.60 Å². The number of nitrogens with zero attached hydrogens (tertiary/aromatic N) is 3. The normalized spacial score (nSPS) is 19.2. The van der Waals surface area contributed by atoms with E-state index in [-0.39, 0.29) is 30.2 Å². The van der Waals surface area contributed by atoms with Crippen LogP contribution in [0.1, 0.15) is 39.2 Å². The minimum Gasteiger partial charge on any atom is -0.475 e. The van der Waals surface area contributed by atoms with Gasteiger partial charge >= 0.3 is 12.2 Å². The van der Waals surface area contributed by atoms with Crippen molar-refractivity contribution in [3.63, 3.8) is 0 Å². The number of hydrogen-bond donors (Lipinski definition) is 2. The third-order valence-electron chi connectivity index (χ3n) is 7.90. The van der Waals surface area contributed by atoms with Crippen molar-refractivity contribution in [3.05, 3.63) is 66.2 Å². The number of hydrogen-bond acceptors (Lipinski definition) is 9. The number of likely N-dealkylation sites (tertiary alicyclic amines) is 1. The van der Waals surface area contributed by atoms with E-state index in [1.54, 1.807) is 9.80 Å². The molecular formula is C34H39N5O6S. The molecule has 12 heteroatoms. The van der Waals surface area contributed by atoms with Crippen LogP contribution in [0.3, 0.4) is 0 Å².